The van der Waals surface area contributed by atoms with Gasteiger partial charge in [-0.1, -0.05) is 65.0 Å². The minimum absolute atomic E-state index is 0.138. The van der Waals surface area contributed by atoms with E-state index in [1.807, 2.05) is 12.2 Å². The molecule has 31 heavy (non-hydrogen) atoms. The Morgan fingerprint density at radius 2 is 1.94 bits per heavy atom. The number of hydrogen-bond donors (Lipinski definition) is 3. The molecule has 0 saturated heterocycles. The van der Waals surface area contributed by atoms with Gasteiger partial charge in [-0.2, -0.15) is 0 Å². The molecule has 0 amide bonds. The van der Waals surface area contributed by atoms with Crippen molar-refractivity contribution in [2.24, 2.45) is 11.8 Å². The highest BCUT2D eigenvalue weighted by atomic mass is 32.2. The predicted molar refractivity (Wildman–Crippen MR) is 129 cm³/mol. The zero-order chi connectivity index (χ0) is 23.1. The van der Waals surface area contributed by atoms with Crippen molar-refractivity contribution >= 4 is 17.7 Å². The molecule has 0 aromatic heterocycles. The Hall–Kier alpha value is -0.980. The molecule has 4 atom stereocenters. The van der Waals surface area contributed by atoms with Crippen LogP contribution in [0, 0.1) is 11.8 Å². The van der Waals surface area contributed by atoms with E-state index in [2.05, 4.69) is 20.8 Å². The van der Waals surface area contributed by atoms with E-state index in [-0.39, 0.29) is 12.3 Å². The van der Waals surface area contributed by atoms with Crippen molar-refractivity contribution < 1.29 is 24.9 Å². The van der Waals surface area contributed by atoms with Crippen LogP contribution in [0.15, 0.2) is 22.8 Å². The first-order chi connectivity index (χ1) is 14.9. The number of aliphatic carboxylic acids is 1. The molecular formula is C25H44O5S. The molecule has 1 rings (SSSR count). The van der Waals surface area contributed by atoms with Gasteiger partial charge in [-0.3, -0.25) is 4.79 Å². The van der Waals surface area contributed by atoms with Crippen LogP contribution in [0.4, 0.5) is 0 Å². The summed E-state index contributed by atoms with van der Waals surface area (Å²) < 4.78 is 6.01. The zero-order valence-electron chi connectivity index (χ0n) is 19.7. The van der Waals surface area contributed by atoms with Crippen LogP contribution in [0.3, 0.4) is 0 Å². The van der Waals surface area contributed by atoms with Crippen molar-refractivity contribution in [2.45, 2.75) is 104 Å². The first kappa shape index (κ1) is 28.1. The van der Waals surface area contributed by atoms with Crippen LogP contribution in [-0.4, -0.2) is 45.9 Å². The molecule has 0 aliphatic heterocycles. The fourth-order valence-corrected chi connectivity index (χ4v) is 5.09. The standard InChI is InChI=1S/C25H44O5S/c1-4-6-11-19(3)17-20(26)13-14-21-22(27)18-23(30-15-7-5-2)25(21)31-16-10-8-9-12-24(28)29/h13-14,19-22,26-27H,4-12,15-18H2,1-3H3,(H,28,29)/b14-13+/t19-,20-,21+,22-/m1/s1. The third-order valence-corrected chi connectivity index (χ3v) is 6.99. The van der Waals surface area contributed by atoms with Crippen molar-refractivity contribution in [3.63, 3.8) is 0 Å². The van der Waals surface area contributed by atoms with Crippen LogP contribution >= 0.6 is 11.8 Å². The van der Waals surface area contributed by atoms with Gasteiger partial charge in [-0.25, -0.2) is 0 Å². The van der Waals surface area contributed by atoms with E-state index < -0.39 is 18.2 Å². The Kier molecular flexibility index (Phi) is 15.0. The van der Waals surface area contributed by atoms with E-state index in [1.54, 1.807) is 11.8 Å². The molecule has 0 saturated carbocycles. The summed E-state index contributed by atoms with van der Waals surface area (Å²) in [6.07, 6.45) is 12.3. The maximum Gasteiger partial charge on any atom is 0.303 e. The number of unbranched alkanes of at least 4 members (excludes halogenated alkanes) is 4. The fourth-order valence-electron chi connectivity index (χ4n) is 3.79. The molecule has 3 N–H and O–H groups in total. The molecule has 0 spiro atoms. The Morgan fingerprint density at radius 1 is 1.19 bits per heavy atom. The number of ether oxygens (including phenoxy) is 1. The normalized spacial score (nSPS) is 21.1. The van der Waals surface area contributed by atoms with Crippen molar-refractivity contribution in [1.29, 1.82) is 0 Å². The molecule has 0 aromatic rings. The van der Waals surface area contributed by atoms with Crippen LogP contribution in [0.2, 0.25) is 0 Å². The maximum absolute atomic E-state index is 10.7. The number of rotatable bonds is 18. The van der Waals surface area contributed by atoms with Gasteiger partial charge < -0.3 is 20.1 Å². The lowest BCUT2D eigenvalue weighted by Crippen LogP contribution is -2.15. The number of aliphatic hydroxyl groups excluding tert-OH is 2. The van der Waals surface area contributed by atoms with Crippen molar-refractivity contribution in [3.05, 3.63) is 22.8 Å². The molecular weight excluding hydrogens is 412 g/mol. The highest BCUT2D eigenvalue weighted by Gasteiger charge is 2.33. The number of carbonyl (C=O) groups is 1. The average Bonchev–Trinajstić information content (AvgIpc) is 3.01. The second kappa shape index (κ2) is 16.6. The molecule has 180 valence electrons. The molecule has 0 unspecified atom stereocenters. The molecule has 0 fully saturated rings. The number of hydrogen-bond acceptors (Lipinski definition) is 5. The van der Waals surface area contributed by atoms with Crippen LogP contribution in [0.25, 0.3) is 0 Å². The minimum Gasteiger partial charge on any atom is -0.497 e. The molecule has 1 aliphatic carbocycles. The first-order valence-electron chi connectivity index (χ1n) is 12.1. The van der Waals surface area contributed by atoms with Gasteiger partial charge in [0.1, 0.15) is 5.76 Å². The lowest BCUT2D eigenvalue weighted by Gasteiger charge is -2.17. The monoisotopic (exact) mass is 456 g/mol. The third-order valence-electron chi connectivity index (χ3n) is 5.69. The lowest BCUT2D eigenvalue weighted by atomic mass is 9.96. The molecule has 5 nitrogen and oxygen atoms in total. The predicted octanol–water partition coefficient (Wildman–Crippen LogP) is 5.91. The summed E-state index contributed by atoms with van der Waals surface area (Å²) in [5.41, 5.74) is 0. The van der Waals surface area contributed by atoms with Crippen LogP contribution in [0.5, 0.6) is 0 Å². The molecule has 0 bridgehead atoms. The van der Waals surface area contributed by atoms with Crippen LogP contribution in [-0.2, 0) is 9.53 Å². The fraction of sp³-hybridized carbons (Fsp3) is 0.800. The molecule has 0 heterocycles. The van der Waals surface area contributed by atoms with E-state index in [4.69, 9.17) is 9.84 Å². The largest absolute Gasteiger partial charge is 0.497 e. The third kappa shape index (κ3) is 12.0. The number of carboxylic acid groups (broad SMARTS) is 1. The molecule has 0 radical (unpaired) electrons. The molecule has 0 aromatic carbocycles. The van der Waals surface area contributed by atoms with Gasteiger partial charge in [0.15, 0.2) is 0 Å². The molecule has 6 heteroatoms. The Labute approximate surface area is 193 Å². The quantitative estimate of drug-likeness (QED) is 0.176. The molecule has 1 aliphatic rings. The first-order valence-corrected chi connectivity index (χ1v) is 13.1. The number of aliphatic hydroxyl groups is 2. The minimum atomic E-state index is -0.742. The van der Waals surface area contributed by atoms with Gasteiger partial charge in [0.25, 0.3) is 0 Å². The summed E-state index contributed by atoms with van der Waals surface area (Å²) in [5, 5.41) is 29.9. The smallest absolute Gasteiger partial charge is 0.303 e. The Morgan fingerprint density at radius 3 is 2.61 bits per heavy atom. The van der Waals surface area contributed by atoms with Crippen molar-refractivity contribution in [1.82, 2.24) is 0 Å². The topological polar surface area (TPSA) is 87.0 Å². The number of carboxylic acids is 1. The second-order valence-corrected chi connectivity index (χ2v) is 9.91. The summed E-state index contributed by atoms with van der Waals surface area (Å²) in [7, 11) is 0. The number of thioether (sulfide) groups is 1. The lowest BCUT2D eigenvalue weighted by molar-refractivity contribution is -0.137. The zero-order valence-corrected chi connectivity index (χ0v) is 20.5. The van der Waals surface area contributed by atoms with Crippen LogP contribution in [0.1, 0.15) is 91.4 Å². The summed E-state index contributed by atoms with van der Waals surface area (Å²) >= 11 is 1.71. The van der Waals surface area contributed by atoms with Gasteiger partial charge in [0, 0.05) is 23.7 Å². The second-order valence-electron chi connectivity index (χ2n) is 8.77. The van der Waals surface area contributed by atoms with E-state index in [1.165, 1.54) is 12.8 Å². The SMILES string of the molecule is CCCCOC1=C(SCCCCCC(=O)O)[C@@H](/C=C/[C@@H](O)C[C@H](C)CCCC)[C@H](O)C1. The summed E-state index contributed by atoms with van der Waals surface area (Å²) in [5.74, 6) is 1.37. The van der Waals surface area contributed by atoms with E-state index >= 15 is 0 Å². The van der Waals surface area contributed by atoms with Gasteiger partial charge in [-0.15, -0.1) is 11.8 Å². The van der Waals surface area contributed by atoms with E-state index in [0.29, 0.717) is 25.4 Å². The summed E-state index contributed by atoms with van der Waals surface area (Å²) in [4.78, 5) is 11.7. The van der Waals surface area contributed by atoms with Gasteiger partial charge >= 0.3 is 5.97 Å². The average molecular weight is 457 g/mol. The van der Waals surface area contributed by atoms with Gasteiger partial charge in [0.2, 0.25) is 0 Å². The van der Waals surface area contributed by atoms with Crippen LogP contribution < -0.4 is 0 Å². The summed E-state index contributed by atoms with van der Waals surface area (Å²) in [6, 6.07) is 0. The van der Waals surface area contributed by atoms with Crippen molar-refractivity contribution in [3.8, 4) is 0 Å². The Bertz CT molecular complexity index is 560. The maximum atomic E-state index is 10.7. The summed E-state index contributed by atoms with van der Waals surface area (Å²) in [6.45, 7) is 7.16. The Balaban J connectivity index is 2.68. The highest BCUT2D eigenvalue weighted by Crippen LogP contribution is 2.41. The van der Waals surface area contributed by atoms with E-state index in [0.717, 1.165) is 54.9 Å². The van der Waals surface area contributed by atoms with Crippen molar-refractivity contribution in [2.75, 3.05) is 12.4 Å². The van der Waals surface area contributed by atoms with E-state index in [9.17, 15) is 15.0 Å². The van der Waals surface area contributed by atoms with Gasteiger partial charge in [0.05, 0.1) is 18.8 Å². The van der Waals surface area contributed by atoms with Gasteiger partial charge in [-0.05, 0) is 37.4 Å². The highest BCUT2D eigenvalue weighted by molar-refractivity contribution is 8.03.